The zero-order valence-corrected chi connectivity index (χ0v) is 6.47. The van der Waals surface area contributed by atoms with Crippen LogP contribution in [0.15, 0.2) is 18.2 Å². The van der Waals surface area contributed by atoms with E-state index < -0.39 is 0 Å². The molecule has 0 nitrogen and oxygen atoms in total. The molecule has 0 radical (unpaired) electrons. The van der Waals surface area contributed by atoms with E-state index in [-0.39, 0.29) is 0 Å². The van der Waals surface area contributed by atoms with Crippen molar-refractivity contribution in [2.45, 2.75) is 6.42 Å². The van der Waals surface area contributed by atoms with Gasteiger partial charge in [-0.2, -0.15) is 0 Å². The van der Waals surface area contributed by atoms with E-state index in [2.05, 4.69) is 40.8 Å². The largest absolute Gasteiger partial charge is 0.0609 e. The Morgan fingerprint density at radius 3 is 2.88 bits per heavy atom. The van der Waals surface area contributed by atoms with Crippen LogP contribution in [0.25, 0.3) is 0 Å². The lowest BCUT2D eigenvalue weighted by Gasteiger charge is -1.80. The summed E-state index contributed by atoms with van der Waals surface area (Å²) in [6, 6.07) is 6.47. The van der Waals surface area contributed by atoms with Gasteiger partial charge in [0.25, 0.3) is 0 Å². The molecule has 0 atom stereocenters. The lowest BCUT2D eigenvalue weighted by atomic mass is 10.4. The van der Waals surface area contributed by atoms with E-state index in [9.17, 15) is 0 Å². The van der Waals surface area contributed by atoms with Crippen LogP contribution < -0.4 is 0 Å². The Morgan fingerprint density at radius 1 is 1.38 bits per heavy atom. The number of fused-ring (bicyclic) bond motifs is 1. The van der Waals surface area contributed by atoms with Gasteiger partial charge in [0.05, 0.1) is 0 Å². The van der Waals surface area contributed by atoms with E-state index in [1.54, 1.807) is 5.56 Å². The average Bonchev–Trinajstić information content (AvgIpc) is 2.45. The maximum Gasteiger partial charge on any atom is 0.0168 e. The third-order valence-corrected chi connectivity index (χ3v) is 2.47. The highest BCUT2D eigenvalue weighted by Gasteiger charge is 2.17. The molecule has 1 aliphatic carbocycles. The van der Waals surface area contributed by atoms with E-state index in [1.807, 2.05) is 0 Å². The maximum atomic E-state index is 2.38. The lowest BCUT2D eigenvalue weighted by Crippen LogP contribution is -1.62. The molecule has 8 heavy (non-hydrogen) atoms. The molecule has 0 saturated heterocycles. The van der Waals surface area contributed by atoms with Gasteiger partial charge < -0.3 is 0 Å². The molecule has 1 aromatic carbocycles. The summed E-state index contributed by atoms with van der Waals surface area (Å²) >= 11 is 2.38. The molecular weight excluding hydrogens is 211 g/mol. The summed E-state index contributed by atoms with van der Waals surface area (Å²) in [5.41, 5.74) is 3.10. The van der Waals surface area contributed by atoms with Crippen LogP contribution >= 0.6 is 22.6 Å². The summed E-state index contributed by atoms with van der Waals surface area (Å²) in [4.78, 5) is 0. The van der Waals surface area contributed by atoms with Crippen LogP contribution in [0.4, 0.5) is 0 Å². The Hall–Kier alpha value is -0.0500. The number of benzene rings is 1. The van der Waals surface area contributed by atoms with Gasteiger partial charge in [-0.1, -0.05) is 12.1 Å². The number of halogens is 1. The minimum Gasteiger partial charge on any atom is -0.0609 e. The molecule has 2 rings (SSSR count). The summed E-state index contributed by atoms with van der Waals surface area (Å²) in [7, 11) is 0. The minimum absolute atomic E-state index is 1.24. The van der Waals surface area contributed by atoms with Crippen molar-refractivity contribution in [2.24, 2.45) is 0 Å². The summed E-state index contributed by atoms with van der Waals surface area (Å²) in [6.07, 6.45) is 1.24. The van der Waals surface area contributed by atoms with Crippen LogP contribution in [-0.4, -0.2) is 0 Å². The standard InChI is InChI=1S/C7H5I/c8-7-3-1-2-5-4-6(5)7/h1-3H,4H2. The molecular formula is C7H5I. The van der Waals surface area contributed by atoms with Crippen molar-refractivity contribution in [1.29, 1.82) is 0 Å². The third kappa shape index (κ3) is 0.573. The Labute approximate surface area is 62.1 Å². The first-order valence-corrected chi connectivity index (χ1v) is 3.72. The summed E-state index contributed by atoms with van der Waals surface area (Å²) in [5, 5.41) is 0. The molecule has 0 N–H and O–H groups in total. The molecule has 0 aromatic heterocycles. The molecule has 0 aliphatic heterocycles. The highest BCUT2D eigenvalue weighted by Crippen LogP contribution is 2.31. The summed E-state index contributed by atoms with van der Waals surface area (Å²) < 4.78 is 1.43. The fourth-order valence-corrected chi connectivity index (χ4v) is 1.64. The average molecular weight is 216 g/mol. The molecule has 1 aliphatic rings. The van der Waals surface area contributed by atoms with E-state index in [4.69, 9.17) is 0 Å². The first kappa shape index (κ1) is 4.79. The Morgan fingerprint density at radius 2 is 2.25 bits per heavy atom. The van der Waals surface area contributed by atoms with Crippen molar-refractivity contribution in [3.63, 3.8) is 0 Å². The SMILES string of the molecule is Ic1cccc2c1C2. The van der Waals surface area contributed by atoms with Gasteiger partial charge in [0.1, 0.15) is 0 Å². The molecule has 0 fully saturated rings. The molecule has 1 aromatic rings. The summed E-state index contributed by atoms with van der Waals surface area (Å²) in [6.45, 7) is 0. The van der Waals surface area contributed by atoms with Crippen molar-refractivity contribution in [2.75, 3.05) is 0 Å². The molecule has 0 heterocycles. The normalized spacial score (nSPS) is 13.1. The van der Waals surface area contributed by atoms with Crippen LogP contribution in [0.3, 0.4) is 0 Å². The van der Waals surface area contributed by atoms with E-state index in [0.29, 0.717) is 0 Å². The van der Waals surface area contributed by atoms with Gasteiger partial charge in [-0.05, 0) is 46.2 Å². The Balaban J connectivity index is 2.70. The van der Waals surface area contributed by atoms with Gasteiger partial charge in [0.15, 0.2) is 0 Å². The minimum atomic E-state index is 1.24. The predicted octanol–water partition coefficient (Wildman–Crippen LogP) is 2.20. The van der Waals surface area contributed by atoms with E-state index in [1.165, 1.54) is 15.6 Å². The number of rotatable bonds is 0. The van der Waals surface area contributed by atoms with Crippen LogP contribution in [0.1, 0.15) is 11.1 Å². The first-order chi connectivity index (χ1) is 3.88. The first-order valence-electron chi connectivity index (χ1n) is 2.64. The molecule has 0 spiro atoms. The van der Waals surface area contributed by atoms with Crippen LogP contribution in [0.2, 0.25) is 0 Å². The van der Waals surface area contributed by atoms with Gasteiger partial charge in [-0.25, -0.2) is 0 Å². The predicted molar refractivity (Wildman–Crippen MR) is 42.0 cm³/mol. The van der Waals surface area contributed by atoms with Crippen LogP contribution in [0, 0.1) is 3.57 Å². The fraction of sp³-hybridized carbons (Fsp3) is 0.143. The topological polar surface area (TPSA) is 0 Å². The Bertz CT molecular complexity index is 228. The Kier molecular flexibility index (Phi) is 0.879. The second-order valence-corrected chi connectivity index (χ2v) is 3.22. The van der Waals surface area contributed by atoms with Gasteiger partial charge in [0, 0.05) is 3.57 Å². The molecule has 0 saturated carbocycles. The monoisotopic (exact) mass is 216 g/mol. The number of hydrogen-bond donors (Lipinski definition) is 0. The highest BCUT2D eigenvalue weighted by molar-refractivity contribution is 14.1. The van der Waals surface area contributed by atoms with Crippen LogP contribution in [-0.2, 0) is 6.42 Å². The second-order valence-electron chi connectivity index (χ2n) is 2.05. The van der Waals surface area contributed by atoms with Gasteiger partial charge in [-0.3, -0.25) is 0 Å². The zero-order chi connectivity index (χ0) is 5.56. The van der Waals surface area contributed by atoms with Gasteiger partial charge in [0.2, 0.25) is 0 Å². The number of hydrogen-bond acceptors (Lipinski definition) is 0. The van der Waals surface area contributed by atoms with Crippen molar-refractivity contribution >= 4 is 22.6 Å². The molecule has 0 amide bonds. The molecule has 0 unspecified atom stereocenters. The second kappa shape index (κ2) is 1.47. The highest BCUT2D eigenvalue weighted by atomic mass is 127. The molecule has 1 heteroatoms. The maximum absolute atomic E-state index is 2.38. The molecule has 0 bridgehead atoms. The molecule has 40 valence electrons. The zero-order valence-electron chi connectivity index (χ0n) is 4.32. The smallest absolute Gasteiger partial charge is 0.0168 e. The fourth-order valence-electron chi connectivity index (χ4n) is 0.893. The van der Waals surface area contributed by atoms with Crippen molar-refractivity contribution < 1.29 is 0 Å². The quantitative estimate of drug-likeness (QED) is 0.592. The van der Waals surface area contributed by atoms with E-state index in [0.717, 1.165) is 0 Å². The summed E-state index contributed by atoms with van der Waals surface area (Å²) in [5.74, 6) is 0. The third-order valence-electron chi connectivity index (χ3n) is 1.46. The van der Waals surface area contributed by atoms with Crippen molar-refractivity contribution in [1.82, 2.24) is 0 Å². The van der Waals surface area contributed by atoms with Gasteiger partial charge in [-0.15, -0.1) is 0 Å². The van der Waals surface area contributed by atoms with Gasteiger partial charge >= 0.3 is 0 Å². The van der Waals surface area contributed by atoms with Crippen LogP contribution in [0.5, 0.6) is 0 Å². The lowest BCUT2D eigenvalue weighted by molar-refractivity contribution is 1.58. The van der Waals surface area contributed by atoms with Crippen molar-refractivity contribution in [3.8, 4) is 0 Å². The van der Waals surface area contributed by atoms with Crippen molar-refractivity contribution in [3.05, 3.63) is 32.9 Å². The van der Waals surface area contributed by atoms with E-state index >= 15 is 0 Å².